The van der Waals surface area contributed by atoms with Crippen LogP contribution in [0, 0.1) is 0 Å². The van der Waals surface area contributed by atoms with Crippen LogP contribution in [0.3, 0.4) is 0 Å². The summed E-state index contributed by atoms with van der Waals surface area (Å²) in [5, 5.41) is 3.10. The number of carbonyl (C=O) groups excluding carboxylic acids is 1. The molecule has 100 valence electrons. The molecule has 0 unspecified atom stereocenters. The molecule has 0 aliphatic carbocycles. The van der Waals surface area contributed by atoms with Crippen LogP contribution >= 0.6 is 11.6 Å². The smallest absolute Gasteiger partial charge is 0.239 e. The zero-order chi connectivity index (χ0) is 13.5. The van der Waals surface area contributed by atoms with Crippen molar-refractivity contribution >= 4 is 29.3 Å². The number of hydrogen-bond donors (Lipinski definition) is 3. The molecule has 1 heterocycles. The van der Waals surface area contributed by atoms with Crippen molar-refractivity contribution in [3.8, 4) is 0 Å². The van der Waals surface area contributed by atoms with Crippen LogP contribution in [0.4, 0.5) is 11.8 Å². The number of halogens is 1. The molecule has 0 aliphatic heterocycles. The second kappa shape index (κ2) is 6.97. The van der Waals surface area contributed by atoms with Gasteiger partial charge in [0.15, 0.2) is 5.82 Å². The summed E-state index contributed by atoms with van der Waals surface area (Å²) in [5.41, 5.74) is 2.34. The SMILES string of the molecule is CCNC(=O)CN(CC)c1nc(NN)ncc1Cl. The van der Waals surface area contributed by atoms with Gasteiger partial charge in [-0.3, -0.25) is 10.2 Å². The molecule has 1 rings (SSSR count). The van der Waals surface area contributed by atoms with Gasteiger partial charge in [0.05, 0.1) is 12.7 Å². The molecule has 7 nitrogen and oxygen atoms in total. The molecular weight excluding hydrogens is 256 g/mol. The fraction of sp³-hybridized carbons (Fsp3) is 0.500. The topological polar surface area (TPSA) is 96.2 Å². The van der Waals surface area contributed by atoms with E-state index in [4.69, 9.17) is 17.4 Å². The van der Waals surface area contributed by atoms with E-state index in [1.54, 1.807) is 4.90 Å². The monoisotopic (exact) mass is 272 g/mol. The van der Waals surface area contributed by atoms with Crippen molar-refractivity contribution < 1.29 is 4.79 Å². The van der Waals surface area contributed by atoms with Crippen molar-refractivity contribution in [2.45, 2.75) is 13.8 Å². The summed E-state index contributed by atoms with van der Waals surface area (Å²) in [7, 11) is 0. The van der Waals surface area contributed by atoms with Crippen molar-refractivity contribution in [1.82, 2.24) is 15.3 Å². The Hall–Kier alpha value is -1.60. The predicted octanol–water partition coefficient (Wildman–Crippen LogP) is 0.378. The normalized spacial score (nSPS) is 10.0. The van der Waals surface area contributed by atoms with Gasteiger partial charge in [-0.05, 0) is 13.8 Å². The number of nitrogen functional groups attached to an aromatic ring is 1. The molecule has 1 aromatic rings. The van der Waals surface area contributed by atoms with Gasteiger partial charge in [-0.2, -0.15) is 4.98 Å². The van der Waals surface area contributed by atoms with Crippen LogP contribution in [0.2, 0.25) is 5.02 Å². The van der Waals surface area contributed by atoms with E-state index in [0.29, 0.717) is 23.9 Å². The third-order valence-corrected chi connectivity index (χ3v) is 2.51. The summed E-state index contributed by atoms with van der Waals surface area (Å²) in [5.74, 6) is 5.89. The van der Waals surface area contributed by atoms with Crippen molar-refractivity contribution in [1.29, 1.82) is 0 Å². The maximum absolute atomic E-state index is 11.6. The maximum atomic E-state index is 11.6. The Morgan fingerprint density at radius 2 is 2.28 bits per heavy atom. The van der Waals surface area contributed by atoms with Gasteiger partial charge in [-0.15, -0.1) is 0 Å². The first-order valence-electron chi connectivity index (χ1n) is 5.63. The number of rotatable bonds is 6. The molecule has 4 N–H and O–H groups in total. The largest absolute Gasteiger partial charge is 0.355 e. The van der Waals surface area contributed by atoms with Gasteiger partial charge in [0.2, 0.25) is 11.9 Å². The summed E-state index contributed by atoms with van der Waals surface area (Å²) in [6, 6.07) is 0. The van der Waals surface area contributed by atoms with Gasteiger partial charge in [0.25, 0.3) is 0 Å². The first-order valence-corrected chi connectivity index (χ1v) is 6.00. The molecule has 0 aromatic carbocycles. The molecule has 0 fully saturated rings. The lowest BCUT2D eigenvalue weighted by atomic mass is 10.4. The fourth-order valence-electron chi connectivity index (χ4n) is 1.41. The Kier molecular flexibility index (Phi) is 5.60. The molecule has 0 radical (unpaired) electrons. The molecule has 0 saturated carbocycles. The first kappa shape index (κ1) is 14.5. The van der Waals surface area contributed by atoms with Gasteiger partial charge in [0, 0.05) is 13.1 Å². The zero-order valence-electron chi connectivity index (χ0n) is 10.4. The van der Waals surface area contributed by atoms with Crippen LogP contribution in [0.1, 0.15) is 13.8 Å². The Morgan fingerprint density at radius 3 is 2.83 bits per heavy atom. The number of anilines is 2. The third-order valence-electron chi connectivity index (χ3n) is 2.24. The Balaban J connectivity index is 2.90. The summed E-state index contributed by atoms with van der Waals surface area (Å²) >= 11 is 6.02. The first-order chi connectivity index (χ1) is 8.62. The molecule has 0 aliphatic rings. The quantitative estimate of drug-likeness (QED) is 0.512. The lowest BCUT2D eigenvalue weighted by Gasteiger charge is -2.22. The number of nitrogens with one attached hydrogen (secondary N) is 2. The summed E-state index contributed by atoms with van der Waals surface area (Å²) < 4.78 is 0. The van der Waals surface area contributed by atoms with E-state index >= 15 is 0 Å². The zero-order valence-corrected chi connectivity index (χ0v) is 11.2. The van der Waals surface area contributed by atoms with Gasteiger partial charge >= 0.3 is 0 Å². The molecule has 1 amide bonds. The van der Waals surface area contributed by atoms with Crippen LogP contribution < -0.4 is 21.5 Å². The molecule has 18 heavy (non-hydrogen) atoms. The number of nitrogens with two attached hydrogens (primary N) is 1. The Morgan fingerprint density at radius 1 is 1.56 bits per heavy atom. The highest BCUT2D eigenvalue weighted by Crippen LogP contribution is 2.23. The number of hydrazine groups is 1. The highest BCUT2D eigenvalue weighted by molar-refractivity contribution is 6.32. The van der Waals surface area contributed by atoms with E-state index in [2.05, 4.69) is 20.7 Å². The van der Waals surface area contributed by atoms with Crippen LogP contribution in [-0.4, -0.2) is 35.5 Å². The van der Waals surface area contributed by atoms with E-state index in [0.717, 1.165) is 0 Å². The highest BCUT2D eigenvalue weighted by atomic mass is 35.5. The minimum absolute atomic E-state index is 0.0868. The lowest BCUT2D eigenvalue weighted by molar-refractivity contribution is -0.119. The average molecular weight is 273 g/mol. The average Bonchev–Trinajstić information content (AvgIpc) is 2.37. The van der Waals surface area contributed by atoms with E-state index in [9.17, 15) is 4.79 Å². The minimum atomic E-state index is -0.0868. The van der Waals surface area contributed by atoms with Gasteiger partial charge in [0.1, 0.15) is 5.02 Å². The summed E-state index contributed by atoms with van der Waals surface area (Å²) in [6.07, 6.45) is 1.44. The number of nitrogens with zero attached hydrogens (tertiary/aromatic N) is 3. The Bertz CT molecular complexity index is 413. The molecule has 0 bridgehead atoms. The molecule has 0 saturated heterocycles. The molecule has 8 heteroatoms. The number of likely N-dealkylation sites (N-methyl/N-ethyl adjacent to an activating group) is 2. The van der Waals surface area contributed by atoms with Gasteiger partial charge < -0.3 is 10.2 Å². The summed E-state index contributed by atoms with van der Waals surface area (Å²) in [4.78, 5) is 21.3. The minimum Gasteiger partial charge on any atom is -0.355 e. The van der Waals surface area contributed by atoms with Gasteiger partial charge in [-0.1, -0.05) is 11.6 Å². The van der Waals surface area contributed by atoms with Gasteiger partial charge in [-0.25, -0.2) is 10.8 Å². The molecular formula is C10H17ClN6O. The van der Waals surface area contributed by atoms with Crippen molar-refractivity contribution in [3.63, 3.8) is 0 Å². The predicted molar refractivity (Wildman–Crippen MR) is 71.4 cm³/mol. The van der Waals surface area contributed by atoms with Crippen LogP contribution in [-0.2, 0) is 4.79 Å². The van der Waals surface area contributed by atoms with E-state index in [1.165, 1.54) is 6.20 Å². The lowest BCUT2D eigenvalue weighted by Crippen LogP contribution is -2.37. The molecule has 0 spiro atoms. The Labute approximate surface area is 111 Å². The van der Waals surface area contributed by atoms with E-state index < -0.39 is 0 Å². The number of carbonyl (C=O) groups is 1. The fourth-order valence-corrected chi connectivity index (χ4v) is 1.62. The second-order valence-electron chi connectivity index (χ2n) is 3.48. The van der Waals surface area contributed by atoms with Crippen molar-refractivity contribution in [2.75, 3.05) is 30.0 Å². The number of hydrogen-bond acceptors (Lipinski definition) is 6. The van der Waals surface area contributed by atoms with E-state index in [1.807, 2.05) is 13.8 Å². The van der Waals surface area contributed by atoms with E-state index in [-0.39, 0.29) is 18.4 Å². The van der Waals surface area contributed by atoms with Crippen LogP contribution in [0.25, 0.3) is 0 Å². The highest BCUT2D eigenvalue weighted by Gasteiger charge is 2.15. The number of amides is 1. The molecule has 0 atom stereocenters. The molecule has 1 aromatic heterocycles. The van der Waals surface area contributed by atoms with Crippen LogP contribution in [0.15, 0.2) is 6.20 Å². The van der Waals surface area contributed by atoms with Crippen molar-refractivity contribution in [3.05, 3.63) is 11.2 Å². The van der Waals surface area contributed by atoms with Crippen molar-refractivity contribution in [2.24, 2.45) is 5.84 Å². The summed E-state index contributed by atoms with van der Waals surface area (Å²) in [6.45, 7) is 5.14. The maximum Gasteiger partial charge on any atom is 0.239 e. The third kappa shape index (κ3) is 3.71. The number of aromatic nitrogens is 2. The van der Waals surface area contributed by atoms with Crippen LogP contribution in [0.5, 0.6) is 0 Å². The second-order valence-corrected chi connectivity index (χ2v) is 3.88. The standard InChI is InChI=1S/C10H17ClN6O/c1-3-13-8(18)6-17(4-2)9-7(11)5-14-10(15-9)16-12/h5H,3-4,6,12H2,1-2H3,(H,13,18)(H,14,15,16).